The molecule has 0 aliphatic carbocycles. The van der Waals surface area contributed by atoms with Crippen molar-refractivity contribution in [3.63, 3.8) is 0 Å². The summed E-state index contributed by atoms with van der Waals surface area (Å²) in [6.45, 7) is 2.13. The van der Waals surface area contributed by atoms with Crippen molar-refractivity contribution >= 4 is 17.4 Å². The number of rotatable bonds is 7. The van der Waals surface area contributed by atoms with E-state index in [2.05, 4.69) is 6.92 Å². The zero-order valence-corrected chi connectivity index (χ0v) is 10.6. The molecule has 0 N–H and O–H groups in total. The van der Waals surface area contributed by atoms with E-state index in [0.29, 0.717) is 11.3 Å². The second-order valence-electron chi connectivity index (χ2n) is 3.77. The number of nitro benzene ring substituents is 1. The molecule has 0 bridgehead atoms. The molecular weight excluding hydrogens is 241 g/mol. The highest BCUT2D eigenvalue weighted by Gasteiger charge is 2.16. The molecule has 0 aliphatic rings. The van der Waals surface area contributed by atoms with Gasteiger partial charge in [-0.25, -0.2) is 0 Å². The van der Waals surface area contributed by atoms with E-state index in [0.717, 1.165) is 18.6 Å². The molecule has 0 aromatic heterocycles. The lowest BCUT2D eigenvalue weighted by Crippen LogP contribution is -1.96. The van der Waals surface area contributed by atoms with E-state index in [1.807, 2.05) is 0 Å². The predicted octanol–water partition coefficient (Wildman–Crippen LogP) is 4.16. The number of hydrogen-bond acceptors (Lipinski definition) is 3. The van der Waals surface area contributed by atoms with Crippen molar-refractivity contribution in [3.05, 3.63) is 39.7 Å². The fourth-order valence-corrected chi connectivity index (χ4v) is 2.45. The van der Waals surface area contributed by atoms with E-state index in [4.69, 9.17) is 0 Å². The molecule has 0 radical (unpaired) electrons. The lowest BCUT2D eigenvalue weighted by molar-refractivity contribution is -0.387. The summed E-state index contributed by atoms with van der Waals surface area (Å²) in [5.74, 6) is 0.771. The first-order valence-corrected chi connectivity index (χ1v) is 6.81. The highest BCUT2D eigenvalue weighted by Crippen LogP contribution is 2.24. The molecule has 17 heavy (non-hydrogen) atoms. The molecule has 0 unspecified atom stereocenters. The van der Waals surface area contributed by atoms with Gasteiger partial charge in [0.1, 0.15) is 0 Å². The zero-order chi connectivity index (χ0) is 12.7. The highest BCUT2D eigenvalue weighted by molar-refractivity contribution is 7.98. The van der Waals surface area contributed by atoms with Crippen LogP contribution in [0.2, 0.25) is 0 Å². The SMILES string of the molecule is CCCCCSCc1cccc([N+](=O)[O-])c1F. The minimum absolute atomic E-state index is 0.417. The van der Waals surface area contributed by atoms with Gasteiger partial charge in [0, 0.05) is 17.4 Å². The molecule has 94 valence electrons. The van der Waals surface area contributed by atoms with Crippen molar-refractivity contribution < 1.29 is 9.31 Å². The summed E-state index contributed by atoms with van der Waals surface area (Å²) in [6.07, 6.45) is 3.44. The van der Waals surface area contributed by atoms with Crippen LogP contribution in [0.15, 0.2) is 18.2 Å². The van der Waals surface area contributed by atoms with Gasteiger partial charge in [-0.1, -0.05) is 31.9 Å². The smallest absolute Gasteiger partial charge is 0.258 e. The molecule has 5 heteroatoms. The topological polar surface area (TPSA) is 43.1 Å². The molecule has 0 fully saturated rings. The van der Waals surface area contributed by atoms with Crippen LogP contribution in [0.3, 0.4) is 0 Å². The van der Waals surface area contributed by atoms with Gasteiger partial charge in [-0.2, -0.15) is 16.2 Å². The summed E-state index contributed by atoms with van der Waals surface area (Å²) in [5, 5.41) is 10.5. The van der Waals surface area contributed by atoms with Crippen LogP contribution in [0.25, 0.3) is 0 Å². The Morgan fingerprint density at radius 1 is 1.41 bits per heavy atom. The lowest BCUT2D eigenvalue weighted by atomic mass is 10.2. The van der Waals surface area contributed by atoms with E-state index < -0.39 is 16.4 Å². The van der Waals surface area contributed by atoms with Crippen molar-refractivity contribution in [1.82, 2.24) is 0 Å². The van der Waals surface area contributed by atoms with Gasteiger partial charge in [0.2, 0.25) is 5.82 Å². The third-order valence-corrected chi connectivity index (χ3v) is 3.50. The summed E-state index contributed by atoms with van der Waals surface area (Å²) in [6, 6.07) is 4.33. The standard InChI is InChI=1S/C12H16FNO2S/c1-2-3-4-8-17-9-10-6-5-7-11(12(10)13)14(15)16/h5-7H,2-4,8-9H2,1H3. The molecule has 0 saturated carbocycles. The van der Waals surface area contributed by atoms with Crippen molar-refractivity contribution in [1.29, 1.82) is 0 Å². The maximum Gasteiger partial charge on any atom is 0.305 e. The van der Waals surface area contributed by atoms with Crippen molar-refractivity contribution in [3.8, 4) is 0 Å². The molecule has 1 aromatic carbocycles. The van der Waals surface area contributed by atoms with E-state index in [-0.39, 0.29) is 0 Å². The van der Waals surface area contributed by atoms with Crippen molar-refractivity contribution in [2.45, 2.75) is 31.9 Å². The quantitative estimate of drug-likeness (QED) is 0.418. The average molecular weight is 257 g/mol. The van der Waals surface area contributed by atoms with Crippen LogP contribution in [-0.2, 0) is 5.75 Å². The first-order valence-electron chi connectivity index (χ1n) is 5.66. The van der Waals surface area contributed by atoms with Gasteiger partial charge in [0.25, 0.3) is 0 Å². The Kier molecular flexibility index (Phi) is 5.97. The van der Waals surface area contributed by atoms with Crippen molar-refractivity contribution in [2.75, 3.05) is 5.75 Å². The molecule has 0 spiro atoms. The molecule has 3 nitrogen and oxygen atoms in total. The minimum atomic E-state index is -0.694. The van der Waals surface area contributed by atoms with Crippen LogP contribution in [0.4, 0.5) is 10.1 Å². The van der Waals surface area contributed by atoms with Gasteiger partial charge >= 0.3 is 5.69 Å². The fourth-order valence-electron chi connectivity index (χ4n) is 1.45. The fraction of sp³-hybridized carbons (Fsp3) is 0.500. The molecule has 0 atom stereocenters. The number of nitrogens with zero attached hydrogens (tertiary/aromatic N) is 1. The minimum Gasteiger partial charge on any atom is -0.258 e. The van der Waals surface area contributed by atoms with Crippen LogP contribution in [0.1, 0.15) is 31.7 Å². The Balaban J connectivity index is 2.54. The molecule has 0 heterocycles. The van der Waals surface area contributed by atoms with Crippen LogP contribution in [-0.4, -0.2) is 10.7 Å². The monoisotopic (exact) mass is 257 g/mol. The van der Waals surface area contributed by atoms with Gasteiger partial charge in [-0.3, -0.25) is 10.1 Å². The molecule has 0 saturated heterocycles. The molecule has 0 amide bonds. The maximum absolute atomic E-state index is 13.6. The summed E-state index contributed by atoms with van der Waals surface area (Å²) in [7, 11) is 0. The van der Waals surface area contributed by atoms with E-state index in [1.54, 1.807) is 17.8 Å². The largest absolute Gasteiger partial charge is 0.305 e. The second kappa shape index (κ2) is 7.27. The van der Waals surface area contributed by atoms with Crippen LogP contribution < -0.4 is 0 Å². The Bertz CT molecular complexity index is 385. The van der Waals surface area contributed by atoms with Crippen LogP contribution in [0, 0.1) is 15.9 Å². The van der Waals surface area contributed by atoms with Crippen LogP contribution >= 0.6 is 11.8 Å². The Hall–Kier alpha value is -1.10. The average Bonchev–Trinajstić information content (AvgIpc) is 2.30. The van der Waals surface area contributed by atoms with Gasteiger partial charge in [0.15, 0.2) is 0 Å². The zero-order valence-electron chi connectivity index (χ0n) is 9.82. The van der Waals surface area contributed by atoms with Gasteiger partial charge < -0.3 is 0 Å². The van der Waals surface area contributed by atoms with Gasteiger partial charge in [0.05, 0.1) is 4.92 Å². The first-order chi connectivity index (χ1) is 8.16. The Morgan fingerprint density at radius 2 is 2.18 bits per heavy atom. The highest BCUT2D eigenvalue weighted by atomic mass is 32.2. The van der Waals surface area contributed by atoms with Crippen LogP contribution in [0.5, 0.6) is 0 Å². The summed E-state index contributed by atoms with van der Waals surface area (Å²) < 4.78 is 13.6. The third-order valence-electron chi connectivity index (χ3n) is 2.40. The van der Waals surface area contributed by atoms with E-state index in [9.17, 15) is 14.5 Å². The number of nitro groups is 1. The summed E-state index contributed by atoms with van der Waals surface area (Å²) >= 11 is 1.62. The number of halogens is 1. The number of hydrogen-bond donors (Lipinski definition) is 0. The Morgan fingerprint density at radius 3 is 2.82 bits per heavy atom. The van der Waals surface area contributed by atoms with E-state index in [1.165, 1.54) is 18.6 Å². The number of unbranched alkanes of at least 4 members (excludes halogenated alkanes) is 2. The molecule has 1 rings (SSSR count). The summed E-state index contributed by atoms with van der Waals surface area (Å²) in [4.78, 5) is 9.87. The normalized spacial score (nSPS) is 10.5. The lowest BCUT2D eigenvalue weighted by Gasteiger charge is -2.03. The summed E-state index contributed by atoms with van der Waals surface area (Å²) in [5.41, 5.74) is -0.0163. The molecular formula is C12H16FNO2S. The van der Waals surface area contributed by atoms with Gasteiger partial charge in [-0.15, -0.1) is 0 Å². The van der Waals surface area contributed by atoms with Gasteiger partial charge in [-0.05, 0) is 12.2 Å². The second-order valence-corrected chi connectivity index (χ2v) is 4.87. The number of benzene rings is 1. The number of thioether (sulfide) groups is 1. The predicted molar refractivity (Wildman–Crippen MR) is 68.7 cm³/mol. The third kappa shape index (κ3) is 4.34. The molecule has 1 aromatic rings. The first kappa shape index (κ1) is 14.0. The Labute approximate surface area is 105 Å². The van der Waals surface area contributed by atoms with Crippen molar-refractivity contribution in [2.24, 2.45) is 0 Å². The maximum atomic E-state index is 13.6. The van der Waals surface area contributed by atoms with E-state index >= 15 is 0 Å². The molecule has 0 aliphatic heterocycles.